The zero-order valence-corrected chi connectivity index (χ0v) is 15.4. The normalized spacial score (nSPS) is 15.1. The number of rotatable bonds is 5. The number of carbonyl (C=O) groups is 1. The van der Waals surface area contributed by atoms with Crippen LogP contribution >= 0.6 is 0 Å². The maximum absolute atomic E-state index is 13.2. The Hall–Kier alpha value is -2.36. The number of benzene rings is 1. The first-order chi connectivity index (χ1) is 12.0. The van der Waals surface area contributed by atoms with Gasteiger partial charge in [0.1, 0.15) is 5.82 Å². The van der Waals surface area contributed by atoms with Gasteiger partial charge in [0.15, 0.2) is 0 Å². The van der Waals surface area contributed by atoms with Crippen LogP contribution in [0.4, 0.5) is 0 Å². The summed E-state index contributed by atoms with van der Waals surface area (Å²) >= 11 is 0. The average Bonchev–Trinajstić information content (AvgIpc) is 2.96. The van der Waals surface area contributed by atoms with Gasteiger partial charge in [-0.2, -0.15) is 0 Å². The molecule has 4 heteroatoms. The third kappa shape index (κ3) is 3.39. The Morgan fingerprint density at radius 3 is 2.68 bits per heavy atom. The summed E-state index contributed by atoms with van der Waals surface area (Å²) in [7, 11) is 2.09. The largest absolute Gasteiger partial charge is 0.336 e. The highest BCUT2D eigenvalue weighted by atomic mass is 16.2. The highest BCUT2D eigenvalue weighted by Crippen LogP contribution is 2.28. The van der Waals surface area contributed by atoms with Crippen LogP contribution in [0.15, 0.2) is 43.0 Å². The Kier molecular flexibility index (Phi) is 5.07. The number of nitrogens with zero attached hydrogens (tertiary/aromatic N) is 3. The number of fused-ring (bicyclic) bond motifs is 1. The summed E-state index contributed by atoms with van der Waals surface area (Å²) in [5, 5.41) is 0. The molecule has 1 unspecified atom stereocenters. The fourth-order valence-corrected chi connectivity index (χ4v) is 3.71. The van der Waals surface area contributed by atoms with Crippen LogP contribution in [0.5, 0.6) is 0 Å². The number of hydrogen-bond donors (Lipinski definition) is 0. The van der Waals surface area contributed by atoms with Gasteiger partial charge in [-0.15, -0.1) is 6.58 Å². The van der Waals surface area contributed by atoms with Crippen molar-refractivity contribution in [1.29, 1.82) is 0 Å². The molecule has 4 nitrogen and oxygen atoms in total. The fraction of sp³-hybridized carbons (Fsp3) is 0.429. The molecule has 1 amide bonds. The van der Waals surface area contributed by atoms with Crippen molar-refractivity contribution in [3.63, 3.8) is 0 Å². The fourth-order valence-electron chi connectivity index (χ4n) is 3.71. The van der Waals surface area contributed by atoms with Crippen molar-refractivity contribution in [2.24, 2.45) is 7.05 Å². The summed E-state index contributed by atoms with van der Waals surface area (Å²) in [5.74, 6) is 1.50. The van der Waals surface area contributed by atoms with Crippen LogP contribution in [0.1, 0.15) is 54.9 Å². The lowest BCUT2D eigenvalue weighted by Gasteiger charge is -2.30. The molecule has 0 spiro atoms. The predicted molar refractivity (Wildman–Crippen MR) is 100 cm³/mol. The lowest BCUT2D eigenvalue weighted by molar-refractivity contribution is -0.133. The molecule has 1 atom stereocenters. The maximum atomic E-state index is 13.2. The van der Waals surface area contributed by atoms with E-state index < -0.39 is 0 Å². The van der Waals surface area contributed by atoms with Crippen molar-refractivity contribution in [2.45, 2.75) is 45.1 Å². The Labute approximate surface area is 150 Å². The minimum absolute atomic E-state index is 0.159. The smallest absolute Gasteiger partial charge is 0.230 e. The van der Waals surface area contributed by atoms with E-state index in [-0.39, 0.29) is 11.8 Å². The summed E-state index contributed by atoms with van der Waals surface area (Å²) in [6, 6.07) is 10.0. The second-order valence-electron chi connectivity index (χ2n) is 7.07. The van der Waals surface area contributed by atoms with Crippen LogP contribution in [0.2, 0.25) is 0 Å². The van der Waals surface area contributed by atoms with E-state index in [4.69, 9.17) is 4.98 Å². The molecule has 0 saturated heterocycles. The van der Waals surface area contributed by atoms with Gasteiger partial charge in [0.2, 0.25) is 5.91 Å². The predicted octanol–water partition coefficient (Wildman–Crippen LogP) is 3.79. The maximum Gasteiger partial charge on any atom is 0.230 e. The van der Waals surface area contributed by atoms with Gasteiger partial charge < -0.3 is 9.47 Å². The molecule has 0 bridgehead atoms. The SMILES string of the molecule is C=CCC(C(=O)N1CCc2c(nc(C(C)C)n2C)C1)c1ccccc1. The highest BCUT2D eigenvalue weighted by Gasteiger charge is 2.30. The van der Waals surface area contributed by atoms with Gasteiger partial charge in [-0.25, -0.2) is 4.98 Å². The van der Waals surface area contributed by atoms with E-state index >= 15 is 0 Å². The number of imidazole rings is 1. The van der Waals surface area contributed by atoms with Gasteiger partial charge in [-0.3, -0.25) is 4.79 Å². The standard InChI is InChI=1S/C21H27N3O/c1-5-9-17(16-10-7-6-8-11-16)21(25)24-13-12-19-18(14-24)22-20(15(2)3)23(19)4/h5-8,10-11,15,17H,1,9,12-14H2,2-4H3. The first-order valence-electron chi connectivity index (χ1n) is 9.02. The van der Waals surface area contributed by atoms with Crippen LogP contribution in [-0.2, 0) is 24.8 Å². The second-order valence-corrected chi connectivity index (χ2v) is 7.07. The molecule has 1 aromatic carbocycles. The molecule has 0 fully saturated rings. The lowest BCUT2D eigenvalue weighted by Crippen LogP contribution is -2.39. The molecule has 1 aromatic heterocycles. The summed E-state index contributed by atoms with van der Waals surface area (Å²) in [6.45, 7) is 9.51. The zero-order chi connectivity index (χ0) is 18.0. The molecule has 132 valence electrons. The minimum atomic E-state index is -0.159. The summed E-state index contributed by atoms with van der Waals surface area (Å²) < 4.78 is 2.21. The van der Waals surface area contributed by atoms with Crippen molar-refractivity contribution in [2.75, 3.05) is 6.54 Å². The van der Waals surface area contributed by atoms with Crippen molar-refractivity contribution < 1.29 is 4.79 Å². The van der Waals surface area contributed by atoms with Crippen LogP contribution in [0.3, 0.4) is 0 Å². The monoisotopic (exact) mass is 337 g/mol. The Morgan fingerprint density at radius 2 is 2.04 bits per heavy atom. The van der Waals surface area contributed by atoms with Gasteiger partial charge in [-0.1, -0.05) is 50.3 Å². The molecule has 1 aliphatic rings. The van der Waals surface area contributed by atoms with Crippen molar-refractivity contribution in [3.05, 3.63) is 65.8 Å². The van der Waals surface area contributed by atoms with E-state index in [1.807, 2.05) is 41.3 Å². The molecule has 0 saturated carbocycles. The Morgan fingerprint density at radius 1 is 1.32 bits per heavy atom. The summed E-state index contributed by atoms with van der Waals surface area (Å²) in [5.41, 5.74) is 3.38. The molecule has 3 rings (SSSR count). The van der Waals surface area contributed by atoms with Crippen LogP contribution in [0, 0.1) is 0 Å². The molecule has 25 heavy (non-hydrogen) atoms. The first kappa shape index (κ1) is 17.5. The topological polar surface area (TPSA) is 38.1 Å². The van der Waals surface area contributed by atoms with Crippen molar-refractivity contribution in [1.82, 2.24) is 14.5 Å². The van der Waals surface area contributed by atoms with Gasteiger partial charge in [-0.05, 0) is 12.0 Å². The first-order valence-corrected chi connectivity index (χ1v) is 9.02. The molecular formula is C21H27N3O. The van der Waals surface area contributed by atoms with Gasteiger partial charge in [0.05, 0.1) is 18.2 Å². The van der Waals surface area contributed by atoms with E-state index in [0.717, 1.165) is 30.0 Å². The van der Waals surface area contributed by atoms with E-state index in [0.29, 0.717) is 18.9 Å². The molecule has 0 aliphatic carbocycles. The van der Waals surface area contributed by atoms with E-state index in [1.165, 1.54) is 5.69 Å². The number of hydrogen-bond acceptors (Lipinski definition) is 2. The third-order valence-electron chi connectivity index (χ3n) is 5.02. The van der Waals surface area contributed by atoms with Crippen LogP contribution in [-0.4, -0.2) is 26.9 Å². The number of carbonyl (C=O) groups excluding carboxylic acids is 1. The Bertz CT molecular complexity index is 761. The molecule has 2 aromatic rings. The van der Waals surface area contributed by atoms with Gasteiger partial charge >= 0.3 is 0 Å². The van der Waals surface area contributed by atoms with Crippen molar-refractivity contribution >= 4 is 5.91 Å². The molecule has 0 radical (unpaired) electrons. The van der Waals surface area contributed by atoms with E-state index in [9.17, 15) is 4.79 Å². The molecule has 2 heterocycles. The van der Waals surface area contributed by atoms with E-state index in [1.54, 1.807) is 0 Å². The molecule has 1 aliphatic heterocycles. The number of allylic oxidation sites excluding steroid dienone is 1. The summed E-state index contributed by atoms with van der Waals surface area (Å²) in [4.78, 5) is 19.9. The summed E-state index contributed by atoms with van der Waals surface area (Å²) in [6.07, 6.45) is 3.36. The second kappa shape index (κ2) is 7.26. The quantitative estimate of drug-likeness (QED) is 0.779. The highest BCUT2D eigenvalue weighted by molar-refractivity contribution is 5.84. The number of amides is 1. The number of aromatic nitrogens is 2. The van der Waals surface area contributed by atoms with Gasteiger partial charge in [0.25, 0.3) is 0 Å². The molecule has 0 N–H and O–H groups in total. The van der Waals surface area contributed by atoms with Gasteiger partial charge in [0, 0.05) is 31.6 Å². The van der Waals surface area contributed by atoms with Crippen LogP contribution < -0.4 is 0 Å². The lowest BCUT2D eigenvalue weighted by atomic mass is 9.93. The molecular weight excluding hydrogens is 310 g/mol. The minimum Gasteiger partial charge on any atom is -0.336 e. The average molecular weight is 337 g/mol. The third-order valence-corrected chi connectivity index (χ3v) is 5.02. The zero-order valence-electron chi connectivity index (χ0n) is 15.4. The van der Waals surface area contributed by atoms with Crippen molar-refractivity contribution in [3.8, 4) is 0 Å². The van der Waals surface area contributed by atoms with Crippen LogP contribution in [0.25, 0.3) is 0 Å². The Balaban J connectivity index is 1.83. The van der Waals surface area contributed by atoms with E-state index in [2.05, 4.69) is 32.0 Å².